The van der Waals surface area contributed by atoms with Gasteiger partial charge in [-0.3, -0.25) is 4.68 Å². The average Bonchev–Trinajstić information content (AvgIpc) is 2.72. The van der Waals surface area contributed by atoms with Crippen LogP contribution in [0.4, 0.5) is 5.82 Å². The van der Waals surface area contributed by atoms with E-state index in [0.717, 1.165) is 22.9 Å². The smallest absolute Gasteiger partial charge is 0.124 e. The highest BCUT2D eigenvalue weighted by Crippen LogP contribution is 2.21. The molecular formula is C9H10ClN3S. The number of aryl methyl sites for hydroxylation is 1. The number of thiophene rings is 1. The van der Waals surface area contributed by atoms with Gasteiger partial charge in [-0.25, -0.2) is 0 Å². The van der Waals surface area contributed by atoms with Crippen molar-refractivity contribution >= 4 is 28.8 Å². The molecule has 0 aromatic carbocycles. The van der Waals surface area contributed by atoms with Crippen molar-refractivity contribution in [2.45, 2.75) is 6.54 Å². The summed E-state index contributed by atoms with van der Waals surface area (Å²) in [5.74, 6) is 0.993. The van der Waals surface area contributed by atoms with Gasteiger partial charge in [0.1, 0.15) is 5.82 Å². The summed E-state index contributed by atoms with van der Waals surface area (Å²) in [6.45, 7) is 0.738. The molecule has 2 aromatic rings. The summed E-state index contributed by atoms with van der Waals surface area (Å²) in [5, 5.41) is 12.1. The minimum absolute atomic E-state index is 0.738. The molecule has 0 aliphatic carbocycles. The second-order valence-electron chi connectivity index (χ2n) is 2.94. The summed E-state index contributed by atoms with van der Waals surface area (Å²) in [6, 6.07) is 1.93. The van der Waals surface area contributed by atoms with Gasteiger partial charge in [-0.2, -0.15) is 16.4 Å². The molecule has 74 valence electrons. The Morgan fingerprint density at radius 2 is 2.43 bits per heavy atom. The van der Waals surface area contributed by atoms with Gasteiger partial charge in [0.05, 0.1) is 11.2 Å². The summed E-state index contributed by atoms with van der Waals surface area (Å²) < 4.78 is 1.79. The molecule has 2 heterocycles. The monoisotopic (exact) mass is 227 g/mol. The molecule has 1 N–H and O–H groups in total. The SMILES string of the molecule is Cn1nccc1NCc1cscc1Cl. The standard InChI is InChI=1S/C9H10ClN3S/c1-13-9(2-3-12-13)11-4-7-5-14-6-8(7)10/h2-3,5-6,11H,4H2,1H3. The first-order valence-corrected chi connectivity index (χ1v) is 5.52. The van der Waals surface area contributed by atoms with Crippen molar-refractivity contribution in [3.63, 3.8) is 0 Å². The van der Waals surface area contributed by atoms with E-state index < -0.39 is 0 Å². The largest absolute Gasteiger partial charge is 0.366 e. The number of halogens is 1. The normalized spacial score (nSPS) is 10.4. The summed E-state index contributed by atoms with van der Waals surface area (Å²) in [4.78, 5) is 0. The molecule has 0 bridgehead atoms. The topological polar surface area (TPSA) is 29.9 Å². The third-order valence-electron chi connectivity index (χ3n) is 1.97. The lowest BCUT2D eigenvalue weighted by molar-refractivity contribution is 0.769. The van der Waals surface area contributed by atoms with Crippen LogP contribution in [0, 0.1) is 0 Å². The van der Waals surface area contributed by atoms with E-state index in [1.54, 1.807) is 22.2 Å². The number of aromatic nitrogens is 2. The predicted molar refractivity (Wildman–Crippen MR) is 59.9 cm³/mol. The Hall–Kier alpha value is -1.00. The van der Waals surface area contributed by atoms with Gasteiger partial charge in [0.15, 0.2) is 0 Å². The molecule has 0 saturated heterocycles. The molecule has 3 nitrogen and oxygen atoms in total. The highest BCUT2D eigenvalue weighted by molar-refractivity contribution is 7.08. The van der Waals surface area contributed by atoms with E-state index in [2.05, 4.69) is 10.4 Å². The summed E-state index contributed by atoms with van der Waals surface area (Å²) >= 11 is 7.58. The number of nitrogens with one attached hydrogen (secondary N) is 1. The van der Waals surface area contributed by atoms with Crippen LogP contribution in [0.3, 0.4) is 0 Å². The molecule has 0 radical (unpaired) electrons. The molecule has 0 spiro atoms. The van der Waals surface area contributed by atoms with Gasteiger partial charge in [0.2, 0.25) is 0 Å². The lowest BCUT2D eigenvalue weighted by Crippen LogP contribution is -2.03. The Bertz CT molecular complexity index is 381. The maximum absolute atomic E-state index is 5.97. The fourth-order valence-electron chi connectivity index (χ4n) is 1.17. The van der Waals surface area contributed by atoms with Gasteiger partial charge in [0, 0.05) is 30.6 Å². The molecular weight excluding hydrogens is 218 g/mol. The van der Waals surface area contributed by atoms with Gasteiger partial charge >= 0.3 is 0 Å². The van der Waals surface area contributed by atoms with E-state index in [0.29, 0.717) is 0 Å². The third kappa shape index (κ3) is 1.91. The summed E-state index contributed by atoms with van der Waals surface area (Å²) in [7, 11) is 1.90. The minimum atomic E-state index is 0.738. The molecule has 0 atom stereocenters. The van der Waals surface area contributed by atoms with Gasteiger partial charge in [0.25, 0.3) is 0 Å². The number of hydrogen-bond donors (Lipinski definition) is 1. The van der Waals surface area contributed by atoms with Crippen LogP contribution >= 0.6 is 22.9 Å². The third-order valence-corrected chi connectivity index (χ3v) is 3.24. The molecule has 2 rings (SSSR count). The Balaban J connectivity index is 2.02. The number of nitrogens with zero attached hydrogens (tertiary/aromatic N) is 2. The maximum Gasteiger partial charge on any atom is 0.124 e. The predicted octanol–water partition coefficient (Wildman–Crippen LogP) is 2.75. The second-order valence-corrected chi connectivity index (χ2v) is 4.09. The minimum Gasteiger partial charge on any atom is -0.366 e. The van der Waals surface area contributed by atoms with Crippen LogP contribution in [-0.4, -0.2) is 9.78 Å². The number of hydrogen-bond acceptors (Lipinski definition) is 3. The first-order valence-electron chi connectivity index (χ1n) is 4.20. The fourth-order valence-corrected chi connectivity index (χ4v) is 2.22. The maximum atomic E-state index is 5.97. The fraction of sp³-hybridized carbons (Fsp3) is 0.222. The van der Waals surface area contributed by atoms with E-state index in [4.69, 9.17) is 11.6 Å². The van der Waals surface area contributed by atoms with Crippen LogP contribution in [0.25, 0.3) is 0 Å². The summed E-state index contributed by atoms with van der Waals surface area (Å²) in [5.41, 5.74) is 1.12. The molecule has 5 heteroatoms. The van der Waals surface area contributed by atoms with Crippen LogP contribution in [0.5, 0.6) is 0 Å². The van der Waals surface area contributed by atoms with E-state index >= 15 is 0 Å². The molecule has 0 fully saturated rings. The zero-order valence-corrected chi connectivity index (χ0v) is 9.27. The quantitative estimate of drug-likeness (QED) is 0.874. The molecule has 0 unspecified atom stereocenters. The molecule has 2 aromatic heterocycles. The highest BCUT2D eigenvalue weighted by Gasteiger charge is 2.02. The zero-order chi connectivity index (χ0) is 9.97. The van der Waals surface area contributed by atoms with Crippen molar-refractivity contribution < 1.29 is 0 Å². The molecule has 0 amide bonds. The molecule has 0 saturated carbocycles. The first-order chi connectivity index (χ1) is 6.77. The molecule has 0 aliphatic heterocycles. The molecule has 14 heavy (non-hydrogen) atoms. The highest BCUT2D eigenvalue weighted by atomic mass is 35.5. The van der Waals surface area contributed by atoms with Crippen molar-refractivity contribution in [2.24, 2.45) is 7.05 Å². The lowest BCUT2D eigenvalue weighted by atomic mass is 10.3. The second kappa shape index (κ2) is 4.02. The van der Waals surface area contributed by atoms with Crippen LogP contribution in [0.15, 0.2) is 23.0 Å². The van der Waals surface area contributed by atoms with Gasteiger partial charge in [-0.15, -0.1) is 0 Å². The summed E-state index contributed by atoms with van der Waals surface area (Å²) in [6.07, 6.45) is 1.76. The zero-order valence-electron chi connectivity index (χ0n) is 7.70. The van der Waals surface area contributed by atoms with Crippen molar-refractivity contribution in [3.8, 4) is 0 Å². The number of rotatable bonds is 3. The van der Waals surface area contributed by atoms with Crippen molar-refractivity contribution in [2.75, 3.05) is 5.32 Å². The van der Waals surface area contributed by atoms with E-state index in [-0.39, 0.29) is 0 Å². The Morgan fingerprint density at radius 3 is 3.00 bits per heavy atom. The Morgan fingerprint density at radius 1 is 1.57 bits per heavy atom. The Labute approximate surface area is 91.3 Å². The van der Waals surface area contributed by atoms with Crippen molar-refractivity contribution in [3.05, 3.63) is 33.6 Å². The van der Waals surface area contributed by atoms with Gasteiger partial charge < -0.3 is 5.32 Å². The lowest BCUT2D eigenvalue weighted by Gasteiger charge is -2.04. The van der Waals surface area contributed by atoms with Crippen LogP contribution in [0.1, 0.15) is 5.56 Å². The van der Waals surface area contributed by atoms with E-state index in [1.807, 2.05) is 23.9 Å². The first kappa shape index (κ1) is 9.55. The van der Waals surface area contributed by atoms with Crippen LogP contribution < -0.4 is 5.32 Å². The van der Waals surface area contributed by atoms with Crippen molar-refractivity contribution in [1.29, 1.82) is 0 Å². The van der Waals surface area contributed by atoms with Crippen molar-refractivity contribution in [1.82, 2.24) is 9.78 Å². The number of anilines is 1. The van der Waals surface area contributed by atoms with Gasteiger partial charge in [-0.05, 0) is 5.38 Å². The van der Waals surface area contributed by atoms with E-state index in [1.165, 1.54) is 0 Å². The van der Waals surface area contributed by atoms with E-state index in [9.17, 15) is 0 Å². The molecule has 0 aliphatic rings. The van der Waals surface area contributed by atoms with Gasteiger partial charge in [-0.1, -0.05) is 11.6 Å². The Kier molecular flexibility index (Phi) is 2.74. The van der Waals surface area contributed by atoms with Crippen LogP contribution in [0.2, 0.25) is 5.02 Å². The average molecular weight is 228 g/mol. The van der Waals surface area contributed by atoms with Crippen LogP contribution in [-0.2, 0) is 13.6 Å².